The number of allylic oxidation sites excluding steroid dienone is 2. The maximum atomic E-state index is 13.3. The normalized spacial score (nSPS) is 15.6. The quantitative estimate of drug-likeness (QED) is 0.653. The first kappa shape index (κ1) is 19.4. The predicted molar refractivity (Wildman–Crippen MR) is 115 cm³/mol. The van der Waals surface area contributed by atoms with Gasteiger partial charge in [0, 0.05) is 5.70 Å². The molecule has 152 valence electrons. The van der Waals surface area contributed by atoms with Crippen molar-refractivity contribution in [1.82, 2.24) is 20.2 Å². The lowest BCUT2D eigenvalue weighted by molar-refractivity contribution is -0.113. The number of benzene rings is 2. The van der Waals surface area contributed by atoms with Gasteiger partial charge in [-0.15, -0.1) is 0 Å². The number of ether oxygens (including phenoxy) is 1. The van der Waals surface area contributed by atoms with Gasteiger partial charge in [-0.05, 0) is 42.0 Å². The first-order chi connectivity index (χ1) is 14.7. The minimum Gasteiger partial charge on any atom is -0.492 e. The van der Waals surface area contributed by atoms with Crippen molar-refractivity contribution in [2.45, 2.75) is 19.9 Å². The molecule has 0 bridgehead atoms. The van der Waals surface area contributed by atoms with Crippen molar-refractivity contribution in [2.24, 2.45) is 0 Å². The zero-order valence-corrected chi connectivity index (χ0v) is 16.7. The summed E-state index contributed by atoms with van der Waals surface area (Å²) >= 11 is 0. The third-order valence-corrected chi connectivity index (χ3v) is 4.71. The van der Waals surface area contributed by atoms with Gasteiger partial charge in [0.15, 0.2) is 0 Å². The summed E-state index contributed by atoms with van der Waals surface area (Å²) in [5.74, 6) is 0.854. The number of nitrogens with one attached hydrogen (secondary N) is 2. The first-order valence-corrected chi connectivity index (χ1v) is 9.69. The number of nitrogens with zero attached hydrogens (tertiary/aromatic N) is 4. The van der Waals surface area contributed by atoms with Gasteiger partial charge in [-0.25, -0.2) is 0 Å². The second-order valence-corrected chi connectivity index (χ2v) is 6.71. The monoisotopic (exact) mass is 402 g/mol. The molecule has 30 heavy (non-hydrogen) atoms. The van der Waals surface area contributed by atoms with Crippen LogP contribution in [0.3, 0.4) is 0 Å². The molecule has 1 atom stereocenters. The maximum absolute atomic E-state index is 13.3. The number of amides is 1. The standard InChI is InChI=1S/C22H22N6O2/c1-3-30-19-12-8-7-11-17(19)24-21(29)20-15(2)23-22-25-26-27-28(22)18(20)14-13-16-9-5-4-6-10-16/h4-14,18H,3H2,1-2H3,(H,24,29)(H,23,25,27)/b14-13+. The SMILES string of the molecule is CCOc1ccccc1NC(=O)C1=C(C)Nc2nnnn2C1/C=C/c1ccccc1. The summed E-state index contributed by atoms with van der Waals surface area (Å²) in [4.78, 5) is 13.3. The van der Waals surface area contributed by atoms with E-state index in [1.54, 1.807) is 4.68 Å². The van der Waals surface area contributed by atoms with Crippen LogP contribution in [-0.2, 0) is 4.79 Å². The minimum atomic E-state index is -0.462. The largest absolute Gasteiger partial charge is 0.492 e. The van der Waals surface area contributed by atoms with E-state index in [-0.39, 0.29) is 5.91 Å². The predicted octanol–water partition coefficient (Wildman–Crippen LogP) is 3.66. The Bertz CT molecular complexity index is 1100. The van der Waals surface area contributed by atoms with Crippen LogP contribution in [0.1, 0.15) is 25.5 Å². The van der Waals surface area contributed by atoms with Crippen molar-refractivity contribution in [3.63, 3.8) is 0 Å². The highest BCUT2D eigenvalue weighted by molar-refractivity contribution is 6.06. The van der Waals surface area contributed by atoms with Gasteiger partial charge in [0.2, 0.25) is 5.95 Å². The van der Waals surface area contributed by atoms with Crippen LogP contribution in [-0.4, -0.2) is 32.7 Å². The Balaban J connectivity index is 1.67. The molecule has 2 N–H and O–H groups in total. The van der Waals surface area contributed by atoms with E-state index in [9.17, 15) is 4.79 Å². The van der Waals surface area contributed by atoms with Crippen LogP contribution in [0.4, 0.5) is 11.6 Å². The molecule has 0 radical (unpaired) electrons. The molecular formula is C22H22N6O2. The maximum Gasteiger partial charge on any atom is 0.255 e. The Kier molecular flexibility index (Phi) is 5.56. The molecule has 2 heterocycles. The highest BCUT2D eigenvalue weighted by Crippen LogP contribution is 2.32. The number of carbonyl (C=O) groups excluding carboxylic acids is 1. The van der Waals surface area contributed by atoms with Gasteiger partial charge in [-0.1, -0.05) is 59.7 Å². The zero-order chi connectivity index (χ0) is 20.9. The molecule has 0 spiro atoms. The summed E-state index contributed by atoms with van der Waals surface area (Å²) < 4.78 is 7.22. The summed E-state index contributed by atoms with van der Waals surface area (Å²) in [5.41, 5.74) is 2.84. The number of carbonyl (C=O) groups is 1. The van der Waals surface area contributed by atoms with Gasteiger partial charge in [-0.3, -0.25) is 4.79 Å². The fourth-order valence-corrected chi connectivity index (χ4v) is 3.33. The average molecular weight is 402 g/mol. The number of fused-ring (bicyclic) bond motifs is 1. The Labute approximate surface area is 174 Å². The molecule has 1 aromatic heterocycles. The van der Waals surface area contributed by atoms with E-state index in [1.165, 1.54) is 0 Å². The highest BCUT2D eigenvalue weighted by atomic mass is 16.5. The zero-order valence-electron chi connectivity index (χ0n) is 16.7. The van der Waals surface area contributed by atoms with E-state index in [2.05, 4.69) is 26.2 Å². The third kappa shape index (κ3) is 3.93. The van der Waals surface area contributed by atoms with Gasteiger partial charge >= 0.3 is 0 Å². The summed E-state index contributed by atoms with van der Waals surface area (Å²) in [6.07, 6.45) is 3.87. The van der Waals surface area contributed by atoms with Crippen molar-refractivity contribution in [2.75, 3.05) is 17.2 Å². The van der Waals surface area contributed by atoms with Crippen LogP contribution in [0.25, 0.3) is 6.08 Å². The molecule has 1 unspecified atom stereocenters. The van der Waals surface area contributed by atoms with Crippen molar-refractivity contribution >= 4 is 23.6 Å². The summed E-state index contributed by atoms with van der Waals surface area (Å²) in [6, 6.07) is 16.8. The number of tetrazole rings is 1. The van der Waals surface area contributed by atoms with E-state index in [1.807, 2.05) is 80.6 Å². The lowest BCUT2D eigenvalue weighted by Gasteiger charge is -2.25. The molecule has 0 saturated carbocycles. The number of aromatic nitrogens is 4. The second kappa shape index (κ2) is 8.60. The fraction of sp³-hybridized carbons (Fsp3) is 0.182. The van der Waals surface area contributed by atoms with Gasteiger partial charge in [0.1, 0.15) is 11.8 Å². The van der Waals surface area contributed by atoms with Gasteiger partial charge < -0.3 is 15.4 Å². The number of hydrogen-bond donors (Lipinski definition) is 2. The molecular weight excluding hydrogens is 380 g/mol. The summed E-state index contributed by atoms with van der Waals surface area (Å²) in [5, 5.41) is 17.9. The van der Waals surface area contributed by atoms with Crippen molar-refractivity contribution < 1.29 is 9.53 Å². The van der Waals surface area contributed by atoms with Crippen molar-refractivity contribution in [3.8, 4) is 5.75 Å². The van der Waals surface area contributed by atoms with E-state index >= 15 is 0 Å². The molecule has 1 aliphatic heterocycles. The van der Waals surface area contributed by atoms with E-state index in [4.69, 9.17) is 4.74 Å². The van der Waals surface area contributed by atoms with E-state index < -0.39 is 6.04 Å². The average Bonchev–Trinajstić information content (AvgIpc) is 3.22. The molecule has 2 aromatic carbocycles. The van der Waals surface area contributed by atoms with Gasteiger partial charge in [0.25, 0.3) is 5.91 Å². The molecule has 0 fully saturated rings. The number of para-hydroxylation sites is 2. The smallest absolute Gasteiger partial charge is 0.255 e. The molecule has 4 rings (SSSR count). The van der Waals surface area contributed by atoms with Crippen LogP contribution in [0.5, 0.6) is 5.75 Å². The topological polar surface area (TPSA) is 94.0 Å². The molecule has 0 aliphatic carbocycles. The molecule has 0 saturated heterocycles. The lowest BCUT2D eigenvalue weighted by Crippen LogP contribution is -2.30. The molecule has 1 aliphatic rings. The molecule has 8 nitrogen and oxygen atoms in total. The molecule has 1 amide bonds. The number of hydrogen-bond acceptors (Lipinski definition) is 6. The molecule has 3 aromatic rings. The van der Waals surface area contributed by atoms with E-state index in [0.717, 1.165) is 5.56 Å². The Hall–Kier alpha value is -3.94. The van der Waals surface area contributed by atoms with Crippen LogP contribution >= 0.6 is 0 Å². The van der Waals surface area contributed by atoms with Crippen LogP contribution < -0.4 is 15.4 Å². The second-order valence-electron chi connectivity index (χ2n) is 6.71. The summed E-state index contributed by atoms with van der Waals surface area (Å²) in [6.45, 7) is 4.25. The lowest BCUT2D eigenvalue weighted by atomic mass is 10.0. The van der Waals surface area contributed by atoms with Crippen LogP contribution in [0.15, 0.2) is 71.9 Å². The van der Waals surface area contributed by atoms with E-state index in [0.29, 0.717) is 35.3 Å². The van der Waals surface area contributed by atoms with Gasteiger partial charge in [0.05, 0.1) is 17.9 Å². The van der Waals surface area contributed by atoms with Gasteiger partial charge in [-0.2, -0.15) is 4.68 Å². The Morgan fingerprint density at radius 1 is 1.20 bits per heavy atom. The first-order valence-electron chi connectivity index (χ1n) is 9.69. The number of anilines is 2. The van der Waals surface area contributed by atoms with Crippen LogP contribution in [0.2, 0.25) is 0 Å². The minimum absolute atomic E-state index is 0.254. The Morgan fingerprint density at radius 3 is 2.77 bits per heavy atom. The molecule has 8 heteroatoms. The fourth-order valence-electron chi connectivity index (χ4n) is 3.33. The van der Waals surface area contributed by atoms with Crippen molar-refractivity contribution in [3.05, 3.63) is 77.5 Å². The summed E-state index contributed by atoms with van der Waals surface area (Å²) in [7, 11) is 0. The van der Waals surface area contributed by atoms with Crippen LogP contribution in [0, 0.1) is 0 Å². The van der Waals surface area contributed by atoms with Crippen molar-refractivity contribution in [1.29, 1.82) is 0 Å². The Morgan fingerprint density at radius 2 is 1.97 bits per heavy atom. The highest BCUT2D eigenvalue weighted by Gasteiger charge is 2.31. The number of rotatable bonds is 6. The third-order valence-electron chi connectivity index (χ3n) is 4.71.